The van der Waals surface area contributed by atoms with Crippen molar-refractivity contribution in [3.63, 3.8) is 0 Å². The standard InChI is InChI=1S/C16H19N3O3/c20-16(17-14-11-18-9-7-12(14)8-10-18)6-5-13-3-1-2-4-15(13)19(21)22/h1-6,12,14H,7-11H2,(H,17,20)/b6-5+/t14-/m0/s1. The molecule has 3 saturated heterocycles. The molecule has 1 aromatic rings. The van der Waals surface area contributed by atoms with Crippen molar-refractivity contribution in [1.29, 1.82) is 0 Å². The van der Waals surface area contributed by atoms with E-state index in [9.17, 15) is 14.9 Å². The highest BCUT2D eigenvalue weighted by Gasteiger charge is 2.34. The van der Waals surface area contributed by atoms with Crippen LogP contribution in [0.2, 0.25) is 0 Å². The van der Waals surface area contributed by atoms with Gasteiger partial charge in [0.1, 0.15) is 0 Å². The molecule has 2 bridgehead atoms. The van der Waals surface area contributed by atoms with Gasteiger partial charge in [-0.15, -0.1) is 0 Å². The maximum Gasteiger partial charge on any atom is 0.276 e. The molecule has 4 rings (SSSR count). The molecule has 3 aliphatic rings. The molecular weight excluding hydrogens is 282 g/mol. The zero-order valence-corrected chi connectivity index (χ0v) is 12.3. The van der Waals surface area contributed by atoms with Gasteiger partial charge in [-0.3, -0.25) is 14.9 Å². The maximum absolute atomic E-state index is 12.1. The molecule has 6 heteroatoms. The van der Waals surface area contributed by atoms with Crippen LogP contribution in [0.25, 0.3) is 6.08 Å². The van der Waals surface area contributed by atoms with Crippen molar-refractivity contribution in [2.75, 3.05) is 19.6 Å². The van der Waals surface area contributed by atoms with Crippen molar-refractivity contribution in [3.05, 3.63) is 46.0 Å². The molecular formula is C16H19N3O3. The number of fused-ring (bicyclic) bond motifs is 3. The van der Waals surface area contributed by atoms with Crippen LogP contribution < -0.4 is 5.32 Å². The van der Waals surface area contributed by atoms with Crippen LogP contribution in [0, 0.1) is 16.0 Å². The molecule has 0 saturated carbocycles. The summed E-state index contributed by atoms with van der Waals surface area (Å²) in [5.74, 6) is 0.380. The summed E-state index contributed by atoms with van der Waals surface area (Å²) in [4.78, 5) is 24.9. The second-order valence-electron chi connectivity index (χ2n) is 5.90. The lowest BCUT2D eigenvalue weighted by Gasteiger charge is -2.44. The predicted octanol–water partition coefficient (Wildman–Crippen LogP) is 1.82. The van der Waals surface area contributed by atoms with Crippen molar-refractivity contribution < 1.29 is 9.72 Å². The first kappa shape index (κ1) is 14.7. The number of para-hydroxylation sites is 1. The average molecular weight is 301 g/mol. The third-order valence-electron chi connectivity index (χ3n) is 4.53. The number of nitrogens with one attached hydrogen (secondary N) is 1. The fraction of sp³-hybridized carbons (Fsp3) is 0.438. The van der Waals surface area contributed by atoms with Gasteiger partial charge in [0.15, 0.2) is 0 Å². The molecule has 1 N–H and O–H groups in total. The third kappa shape index (κ3) is 3.17. The van der Waals surface area contributed by atoms with E-state index >= 15 is 0 Å². The monoisotopic (exact) mass is 301 g/mol. The van der Waals surface area contributed by atoms with E-state index in [1.807, 2.05) is 0 Å². The van der Waals surface area contributed by atoms with E-state index < -0.39 is 4.92 Å². The Morgan fingerprint density at radius 1 is 1.32 bits per heavy atom. The van der Waals surface area contributed by atoms with Gasteiger partial charge in [-0.05, 0) is 44.0 Å². The average Bonchev–Trinajstić information content (AvgIpc) is 2.54. The molecule has 0 aliphatic carbocycles. The number of hydrogen-bond acceptors (Lipinski definition) is 4. The van der Waals surface area contributed by atoms with Crippen molar-refractivity contribution in [2.24, 2.45) is 5.92 Å². The lowest BCUT2D eigenvalue weighted by atomic mass is 9.84. The van der Waals surface area contributed by atoms with E-state index in [0.717, 1.165) is 32.5 Å². The number of nitrogens with zero attached hydrogens (tertiary/aromatic N) is 2. The van der Waals surface area contributed by atoms with Gasteiger partial charge >= 0.3 is 0 Å². The van der Waals surface area contributed by atoms with Crippen LogP contribution in [-0.2, 0) is 4.79 Å². The Balaban J connectivity index is 1.63. The summed E-state index contributed by atoms with van der Waals surface area (Å²) in [7, 11) is 0. The van der Waals surface area contributed by atoms with E-state index in [4.69, 9.17) is 0 Å². The molecule has 1 atom stereocenters. The Labute approximate surface area is 129 Å². The number of benzene rings is 1. The Morgan fingerprint density at radius 3 is 2.68 bits per heavy atom. The summed E-state index contributed by atoms with van der Waals surface area (Å²) in [6.45, 7) is 3.17. The molecule has 3 heterocycles. The minimum Gasteiger partial charge on any atom is -0.348 e. The second kappa shape index (κ2) is 6.27. The highest BCUT2D eigenvalue weighted by Crippen LogP contribution is 2.27. The first-order valence-electron chi connectivity index (χ1n) is 7.58. The SMILES string of the molecule is O=C(/C=C/c1ccccc1[N+](=O)[O-])N[C@H]1CN2CCC1CC2. The van der Waals surface area contributed by atoms with E-state index in [1.54, 1.807) is 18.2 Å². The second-order valence-corrected chi connectivity index (χ2v) is 5.90. The largest absolute Gasteiger partial charge is 0.348 e. The van der Waals surface area contributed by atoms with Crippen molar-refractivity contribution in [1.82, 2.24) is 10.2 Å². The highest BCUT2D eigenvalue weighted by atomic mass is 16.6. The van der Waals surface area contributed by atoms with E-state index in [-0.39, 0.29) is 17.6 Å². The lowest BCUT2D eigenvalue weighted by molar-refractivity contribution is -0.385. The predicted molar refractivity (Wildman–Crippen MR) is 83.2 cm³/mol. The summed E-state index contributed by atoms with van der Waals surface area (Å²) in [5, 5.41) is 14.0. The maximum atomic E-state index is 12.1. The zero-order valence-electron chi connectivity index (χ0n) is 12.3. The Bertz CT molecular complexity index is 606. The molecule has 3 aliphatic heterocycles. The Kier molecular flexibility index (Phi) is 4.20. The zero-order chi connectivity index (χ0) is 15.5. The van der Waals surface area contributed by atoms with E-state index in [1.165, 1.54) is 18.2 Å². The van der Waals surface area contributed by atoms with Crippen molar-refractivity contribution in [2.45, 2.75) is 18.9 Å². The van der Waals surface area contributed by atoms with E-state index in [2.05, 4.69) is 10.2 Å². The minimum absolute atomic E-state index is 0.00869. The summed E-state index contributed by atoms with van der Waals surface area (Å²) in [6.07, 6.45) is 5.17. The molecule has 22 heavy (non-hydrogen) atoms. The number of hydrogen-bond donors (Lipinski definition) is 1. The van der Waals surface area contributed by atoms with Crippen LogP contribution in [0.1, 0.15) is 18.4 Å². The molecule has 3 fully saturated rings. The van der Waals surface area contributed by atoms with Crippen LogP contribution >= 0.6 is 0 Å². The van der Waals surface area contributed by atoms with Gasteiger partial charge in [0.25, 0.3) is 5.69 Å². The van der Waals surface area contributed by atoms with Crippen LogP contribution in [0.5, 0.6) is 0 Å². The smallest absolute Gasteiger partial charge is 0.276 e. The van der Waals surface area contributed by atoms with Gasteiger partial charge in [0.2, 0.25) is 5.91 Å². The summed E-state index contributed by atoms with van der Waals surface area (Å²) < 4.78 is 0. The van der Waals surface area contributed by atoms with Crippen molar-refractivity contribution in [3.8, 4) is 0 Å². The van der Waals surface area contributed by atoms with Gasteiger partial charge < -0.3 is 10.2 Å². The van der Waals surface area contributed by atoms with Gasteiger partial charge in [-0.2, -0.15) is 0 Å². The number of carbonyl (C=O) groups is 1. The Hall–Kier alpha value is -2.21. The van der Waals surface area contributed by atoms with Gasteiger partial charge in [0.05, 0.1) is 10.5 Å². The quantitative estimate of drug-likeness (QED) is 0.523. The van der Waals surface area contributed by atoms with Gasteiger partial charge in [-0.25, -0.2) is 0 Å². The Morgan fingerprint density at radius 2 is 2.05 bits per heavy atom. The van der Waals surface area contributed by atoms with Gasteiger partial charge in [0, 0.05) is 24.7 Å². The lowest BCUT2D eigenvalue weighted by Crippen LogP contribution is -2.57. The topological polar surface area (TPSA) is 75.5 Å². The number of amides is 1. The fourth-order valence-corrected chi connectivity index (χ4v) is 3.32. The molecule has 1 amide bonds. The highest BCUT2D eigenvalue weighted by molar-refractivity contribution is 5.92. The molecule has 1 aromatic carbocycles. The van der Waals surface area contributed by atoms with Gasteiger partial charge in [-0.1, -0.05) is 12.1 Å². The van der Waals surface area contributed by atoms with Crippen LogP contribution in [0.3, 0.4) is 0 Å². The number of nitro groups is 1. The number of rotatable bonds is 4. The molecule has 116 valence electrons. The summed E-state index contributed by atoms with van der Waals surface area (Å²) in [5.41, 5.74) is 0.450. The summed E-state index contributed by atoms with van der Waals surface area (Å²) in [6, 6.07) is 6.60. The van der Waals surface area contributed by atoms with Crippen LogP contribution in [-0.4, -0.2) is 41.4 Å². The number of carbonyl (C=O) groups excluding carboxylic acids is 1. The minimum atomic E-state index is -0.440. The normalized spacial score (nSPS) is 27.0. The van der Waals surface area contributed by atoms with Crippen molar-refractivity contribution >= 4 is 17.7 Å². The number of piperidine rings is 3. The summed E-state index contributed by atoms with van der Waals surface area (Å²) >= 11 is 0. The fourth-order valence-electron chi connectivity index (χ4n) is 3.32. The molecule has 0 radical (unpaired) electrons. The molecule has 0 spiro atoms. The van der Waals surface area contributed by atoms with Crippen LogP contribution in [0.15, 0.2) is 30.3 Å². The first-order chi connectivity index (χ1) is 10.6. The third-order valence-corrected chi connectivity index (χ3v) is 4.53. The number of nitro benzene ring substituents is 1. The first-order valence-corrected chi connectivity index (χ1v) is 7.58. The van der Waals surface area contributed by atoms with Crippen LogP contribution in [0.4, 0.5) is 5.69 Å². The molecule has 0 aromatic heterocycles. The van der Waals surface area contributed by atoms with E-state index in [0.29, 0.717) is 11.5 Å². The molecule has 6 nitrogen and oxygen atoms in total. The molecule has 0 unspecified atom stereocenters.